The Morgan fingerprint density at radius 2 is 1.46 bits per heavy atom. The van der Waals surface area contributed by atoms with Crippen LogP contribution in [0.15, 0.2) is 77.7 Å². The first-order valence-electron chi connectivity index (χ1n) is 12.6. The van der Waals surface area contributed by atoms with E-state index in [-0.39, 0.29) is 22.4 Å². The van der Waals surface area contributed by atoms with Crippen LogP contribution in [0.1, 0.15) is 70.5 Å². The van der Waals surface area contributed by atoms with E-state index >= 15 is 0 Å². The van der Waals surface area contributed by atoms with Gasteiger partial charge in [0.1, 0.15) is 0 Å². The lowest BCUT2D eigenvalue weighted by molar-refractivity contribution is 0.0940. The Kier molecular flexibility index (Phi) is 8.41. The lowest BCUT2D eigenvalue weighted by Gasteiger charge is -2.21. The van der Waals surface area contributed by atoms with Gasteiger partial charge in [0, 0.05) is 18.7 Å². The third kappa shape index (κ3) is 6.26. The van der Waals surface area contributed by atoms with Gasteiger partial charge in [-0.1, -0.05) is 61.4 Å². The van der Waals surface area contributed by atoms with Crippen LogP contribution < -0.4 is 10.6 Å². The summed E-state index contributed by atoms with van der Waals surface area (Å²) in [6.45, 7) is 4.63. The number of nitrogens with zero attached hydrogens (tertiary/aromatic N) is 1. The van der Waals surface area contributed by atoms with Gasteiger partial charge in [0.25, 0.3) is 11.8 Å². The summed E-state index contributed by atoms with van der Waals surface area (Å²) in [5.74, 6) is -0.789. The molecule has 0 radical (unpaired) electrons. The van der Waals surface area contributed by atoms with Gasteiger partial charge in [0.05, 0.1) is 22.2 Å². The molecule has 2 N–H and O–H groups in total. The van der Waals surface area contributed by atoms with E-state index in [0.29, 0.717) is 29.9 Å². The van der Waals surface area contributed by atoms with Crippen molar-refractivity contribution in [3.05, 3.63) is 95.1 Å². The average molecular weight is 520 g/mol. The first-order valence-corrected chi connectivity index (χ1v) is 14.1. The number of sulfonamides is 1. The van der Waals surface area contributed by atoms with E-state index in [9.17, 15) is 18.0 Å². The summed E-state index contributed by atoms with van der Waals surface area (Å²) < 4.78 is 28.1. The minimum Gasteiger partial charge on any atom is -0.345 e. The van der Waals surface area contributed by atoms with Gasteiger partial charge in [0.2, 0.25) is 10.0 Å². The summed E-state index contributed by atoms with van der Waals surface area (Å²) in [6, 6.07) is 20.8. The lowest BCUT2D eigenvalue weighted by atomic mass is 10.1. The molecule has 1 fully saturated rings. The van der Waals surface area contributed by atoms with E-state index in [2.05, 4.69) is 10.6 Å². The zero-order valence-corrected chi connectivity index (χ0v) is 22.1. The largest absolute Gasteiger partial charge is 0.345 e. The highest BCUT2D eigenvalue weighted by atomic mass is 32.2. The predicted octanol–water partition coefficient (Wildman–Crippen LogP) is 5.30. The van der Waals surface area contributed by atoms with Gasteiger partial charge in [-0.05, 0) is 62.1 Å². The second-order valence-electron chi connectivity index (χ2n) is 9.40. The van der Waals surface area contributed by atoms with Gasteiger partial charge in [-0.25, -0.2) is 8.42 Å². The van der Waals surface area contributed by atoms with Gasteiger partial charge in [-0.3, -0.25) is 9.59 Å². The standard InChI is InChI=1S/C29H33N3O4S/c1-21-16-17-24(37(35,36)32-18-10-3-4-11-19-32)20-26(21)29(34)31-27-15-9-8-14-25(27)28(33)30-22(2)23-12-6-5-7-13-23/h5-9,12-17,20,22H,3-4,10-11,18-19H2,1-2H3,(H,30,33)(H,31,34). The quantitative estimate of drug-likeness (QED) is 0.443. The monoisotopic (exact) mass is 519 g/mol. The molecule has 0 aromatic heterocycles. The number of rotatable bonds is 7. The molecule has 37 heavy (non-hydrogen) atoms. The van der Waals surface area contributed by atoms with Crippen LogP contribution in [0.4, 0.5) is 5.69 Å². The number of aryl methyl sites for hydroxylation is 1. The molecule has 1 aliphatic rings. The fourth-order valence-corrected chi connectivity index (χ4v) is 6.06. The number of para-hydroxylation sites is 1. The second kappa shape index (κ2) is 11.7. The minimum absolute atomic E-state index is 0.105. The Balaban J connectivity index is 1.55. The van der Waals surface area contributed by atoms with E-state index in [4.69, 9.17) is 0 Å². The number of hydrogen-bond acceptors (Lipinski definition) is 4. The van der Waals surface area contributed by atoms with E-state index < -0.39 is 15.9 Å². The van der Waals surface area contributed by atoms with Crippen LogP contribution >= 0.6 is 0 Å². The van der Waals surface area contributed by atoms with Crippen LogP contribution in [0.5, 0.6) is 0 Å². The van der Waals surface area contributed by atoms with Gasteiger partial charge >= 0.3 is 0 Å². The molecule has 4 rings (SSSR count). The van der Waals surface area contributed by atoms with E-state index in [0.717, 1.165) is 31.2 Å². The molecule has 1 unspecified atom stereocenters. The molecule has 0 bridgehead atoms. The van der Waals surface area contributed by atoms with Gasteiger partial charge in [0.15, 0.2) is 0 Å². The SMILES string of the molecule is Cc1ccc(S(=O)(=O)N2CCCCCC2)cc1C(=O)Nc1ccccc1C(=O)NC(C)c1ccccc1. The Labute approximate surface area is 218 Å². The highest BCUT2D eigenvalue weighted by Gasteiger charge is 2.27. The van der Waals surface area contributed by atoms with Gasteiger partial charge < -0.3 is 10.6 Å². The Morgan fingerprint density at radius 3 is 2.16 bits per heavy atom. The maximum absolute atomic E-state index is 13.3. The Bertz CT molecular complexity index is 1360. The molecular weight excluding hydrogens is 486 g/mol. The van der Waals surface area contributed by atoms with Crippen LogP contribution in [0.25, 0.3) is 0 Å². The topological polar surface area (TPSA) is 95.6 Å². The van der Waals surface area contributed by atoms with Crippen molar-refractivity contribution in [1.82, 2.24) is 9.62 Å². The van der Waals surface area contributed by atoms with E-state index in [1.54, 1.807) is 43.3 Å². The Hall–Kier alpha value is -3.49. The molecule has 0 aliphatic carbocycles. The lowest BCUT2D eigenvalue weighted by Crippen LogP contribution is -2.32. The molecule has 3 aromatic rings. The summed E-state index contributed by atoms with van der Waals surface area (Å²) in [5.41, 5.74) is 2.54. The van der Waals surface area contributed by atoms with Crippen molar-refractivity contribution in [3.63, 3.8) is 0 Å². The maximum Gasteiger partial charge on any atom is 0.255 e. The number of benzene rings is 3. The summed E-state index contributed by atoms with van der Waals surface area (Å²) in [6.07, 6.45) is 3.70. The summed E-state index contributed by atoms with van der Waals surface area (Å²) in [7, 11) is -3.70. The minimum atomic E-state index is -3.70. The smallest absolute Gasteiger partial charge is 0.255 e. The zero-order valence-electron chi connectivity index (χ0n) is 21.2. The Morgan fingerprint density at radius 1 is 0.811 bits per heavy atom. The van der Waals surface area contributed by atoms with Crippen molar-refractivity contribution in [2.75, 3.05) is 18.4 Å². The van der Waals surface area contributed by atoms with Crippen molar-refractivity contribution in [2.24, 2.45) is 0 Å². The van der Waals surface area contributed by atoms with Crippen LogP contribution in [0, 0.1) is 6.92 Å². The fourth-order valence-electron chi connectivity index (χ4n) is 4.52. The van der Waals surface area contributed by atoms with Crippen LogP contribution in [0.2, 0.25) is 0 Å². The zero-order chi connectivity index (χ0) is 26.4. The molecule has 0 spiro atoms. The highest BCUT2D eigenvalue weighted by Crippen LogP contribution is 2.24. The summed E-state index contributed by atoms with van der Waals surface area (Å²) >= 11 is 0. The number of anilines is 1. The molecule has 2 amide bonds. The third-order valence-electron chi connectivity index (χ3n) is 6.72. The van der Waals surface area contributed by atoms with E-state index in [1.807, 2.05) is 37.3 Å². The molecule has 1 aliphatic heterocycles. The molecule has 8 heteroatoms. The van der Waals surface area contributed by atoms with Crippen LogP contribution in [-0.4, -0.2) is 37.6 Å². The third-order valence-corrected chi connectivity index (χ3v) is 8.62. The summed E-state index contributed by atoms with van der Waals surface area (Å²) in [5, 5.41) is 5.79. The van der Waals surface area contributed by atoms with Crippen molar-refractivity contribution in [3.8, 4) is 0 Å². The molecule has 1 saturated heterocycles. The number of carbonyl (C=O) groups is 2. The number of amides is 2. The molecule has 7 nitrogen and oxygen atoms in total. The highest BCUT2D eigenvalue weighted by molar-refractivity contribution is 7.89. The normalized spacial score (nSPS) is 15.4. The van der Waals surface area contributed by atoms with Gasteiger partial charge in [-0.15, -0.1) is 0 Å². The average Bonchev–Trinajstić information content (AvgIpc) is 3.20. The summed E-state index contributed by atoms with van der Waals surface area (Å²) in [4.78, 5) is 26.5. The molecule has 0 saturated carbocycles. The van der Waals surface area contributed by atoms with Crippen LogP contribution in [-0.2, 0) is 10.0 Å². The molecular formula is C29H33N3O4S. The molecule has 194 valence electrons. The predicted molar refractivity (Wildman–Crippen MR) is 145 cm³/mol. The fraction of sp³-hybridized carbons (Fsp3) is 0.310. The number of nitrogens with one attached hydrogen (secondary N) is 2. The van der Waals surface area contributed by atoms with Crippen LogP contribution in [0.3, 0.4) is 0 Å². The molecule has 1 heterocycles. The van der Waals surface area contributed by atoms with Crippen molar-refractivity contribution >= 4 is 27.5 Å². The molecule has 1 atom stereocenters. The first-order chi connectivity index (χ1) is 17.8. The van der Waals surface area contributed by atoms with Crippen molar-refractivity contribution in [2.45, 2.75) is 50.5 Å². The van der Waals surface area contributed by atoms with E-state index in [1.165, 1.54) is 10.4 Å². The van der Waals surface area contributed by atoms with Crippen molar-refractivity contribution in [1.29, 1.82) is 0 Å². The first kappa shape index (κ1) is 26.6. The number of carbonyl (C=O) groups excluding carboxylic acids is 2. The molecule has 3 aromatic carbocycles. The number of hydrogen-bond donors (Lipinski definition) is 2. The van der Waals surface area contributed by atoms with Gasteiger partial charge in [-0.2, -0.15) is 4.31 Å². The maximum atomic E-state index is 13.3. The van der Waals surface area contributed by atoms with Crippen molar-refractivity contribution < 1.29 is 18.0 Å². The second-order valence-corrected chi connectivity index (χ2v) is 11.3.